The van der Waals surface area contributed by atoms with Gasteiger partial charge in [-0.15, -0.1) is 0 Å². The quantitative estimate of drug-likeness (QED) is 0.290. The topological polar surface area (TPSA) is 64.4 Å². The number of fused-ring (bicyclic) bond motifs is 4. The fraction of sp³-hybridized carbons (Fsp3) is 0.321. The molecule has 0 bridgehead atoms. The molecule has 0 N–H and O–H groups in total. The van der Waals surface area contributed by atoms with Gasteiger partial charge in [0, 0.05) is 6.54 Å². The Hall–Kier alpha value is -3.67. The maximum atomic E-state index is 14.0. The average Bonchev–Trinajstić information content (AvgIpc) is 3.21. The van der Waals surface area contributed by atoms with Gasteiger partial charge in [-0.3, -0.25) is 14.5 Å². The van der Waals surface area contributed by atoms with Gasteiger partial charge in [0.2, 0.25) is 11.9 Å². The zero-order valence-electron chi connectivity index (χ0n) is 19.8. The molecule has 0 radical (unpaired) electrons. The number of imidazole rings is 1. The average molecular weight is 456 g/mol. The summed E-state index contributed by atoms with van der Waals surface area (Å²) >= 11 is 0. The number of aromatic nitrogens is 2. The molecule has 0 fully saturated rings. The molecule has 6 nitrogen and oxygen atoms in total. The highest BCUT2D eigenvalue weighted by Crippen LogP contribution is 2.43. The lowest BCUT2D eigenvalue weighted by atomic mass is 9.86. The largest absolute Gasteiger partial charge is 0.465 e. The Kier molecular flexibility index (Phi) is 5.82. The van der Waals surface area contributed by atoms with E-state index < -0.39 is 17.9 Å². The third kappa shape index (κ3) is 3.63. The van der Waals surface area contributed by atoms with Gasteiger partial charge in [0.05, 0.1) is 23.7 Å². The van der Waals surface area contributed by atoms with Crippen molar-refractivity contribution in [3.63, 3.8) is 0 Å². The number of ether oxygens (including phenoxy) is 1. The number of hydrogen-bond acceptors (Lipinski definition) is 4. The van der Waals surface area contributed by atoms with Crippen LogP contribution in [0.1, 0.15) is 38.8 Å². The lowest BCUT2D eigenvalue weighted by molar-refractivity contribution is -0.153. The second kappa shape index (κ2) is 8.93. The van der Waals surface area contributed by atoms with E-state index in [2.05, 4.69) is 18.4 Å². The van der Waals surface area contributed by atoms with Crippen LogP contribution in [-0.4, -0.2) is 34.6 Å². The molecule has 0 saturated carbocycles. The van der Waals surface area contributed by atoms with Crippen molar-refractivity contribution in [3.05, 3.63) is 72.3 Å². The molecule has 0 saturated heterocycles. The van der Waals surface area contributed by atoms with Crippen LogP contribution in [0.25, 0.3) is 21.8 Å². The summed E-state index contributed by atoms with van der Waals surface area (Å²) in [5.41, 5.74) is 2.61. The Balaban J connectivity index is 1.80. The van der Waals surface area contributed by atoms with Crippen LogP contribution >= 0.6 is 0 Å². The van der Waals surface area contributed by atoms with Crippen LogP contribution in [0.4, 0.5) is 5.95 Å². The molecule has 2 atom stereocenters. The molecule has 34 heavy (non-hydrogen) atoms. The van der Waals surface area contributed by atoms with E-state index in [-0.39, 0.29) is 12.5 Å². The van der Waals surface area contributed by atoms with Gasteiger partial charge in [-0.05, 0) is 47.7 Å². The zero-order valence-corrected chi connectivity index (χ0v) is 19.8. The van der Waals surface area contributed by atoms with Gasteiger partial charge in [-0.1, -0.05) is 68.4 Å². The second-order valence-electron chi connectivity index (χ2n) is 9.19. The molecular formula is C28H29N3O3. The van der Waals surface area contributed by atoms with Gasteiger partial charge in [-0.2, -0.15) is 0 Å². The highest BCUT2D eigenvalue weighted by molar-refractivity contribution is 6.09. The molecule has 2 heterocycles. The molecule has 1 amide bonds. The van der Waals surface area contributed by atoms with Crippen LogP contribution < -0.4 is 4.90 Å². The molecule has 4 aromatic rings. The lowest BCUT2D eigenvalue weighted by Gasteiger charge is -2.38. The number of carbonyl (C=O) groups is 2. The van der Waals surface area contributed by atoms with E-state index in [0.717, 1.165) is 33.8 Å². The number of esters is 1. The van der Waals surface area contributed by atoms with Gasteiger partial charge in [0.1, 0.15) is 0 Å². The first-order valence-corrected chi connectivity index (χ1v) is 11.9. The van der Waals surface area contributed by atoms with Gasteiger partial charge in [0.25, 0.3) is 0 Å². The summed E-state index contributed by atoms with van der Waals surface area (Å²) in [6.45, 7) is 6.73. The first-order chi connectivity index (χ1) is 16.5. The Labute approximate surface area is 199 Å². The summed E-state index contributed by atoms with van der Waals surface area (Å²) in [6, 6.07) is 21.4. The minimum atomic E-state index is -0.997. The number of hydrogen-bond donors (Lipinski definition) is 0. The molecule has 1 aliphatic rings. The number of anilines is 1. The van der Waals surface area contributed by atoms with Crippen LogP contribution in [0, 0.1) is 11.8 Å². The molecule has 1 aliphatic heterocycles. The van der Waals surface area contributed by atoms with Crippen LogP contribution in [-0.2, 0) is 14.3 Å². The zero-order chi connectivity index (χ0) is 23.8. The summed E-state index contributed by atoms with van der Waals surface area (Å²) in [6.07, 6.45) is 0.809. The first-order valence-electron chi connectivity index (χ1n) is 11.9. The predicted molar refractivity (Wildman–Crippen MR) is 134 cm³/mol. The SMILES string of the molecule is CCOC(=O)[C@@H]1C(=O)N(CCC(C)C)c2nc3ccccc3n2[C@H]1c1cccc2ccccc12. The van der Waals surface area contributed by atoms with Crippen LogP contribution in [0.3, 0.4) is 0 Å². The highest BCUT2D eigenvalue weighted by atomic mass is 16.5. The van der Waals surface area contributed by atoms with E-state index in [1.54, 1.807) is 11.8 Å². The molecule has 5 rings (SSSR count). The Morgan fingerprint density at radius 2 is 1.76 bits per heavy atom. The van der Waals surface area contributed by atoms with Crippen molar-refractivity contribution >= 4 is 39.6 Å². The monoisotopic (exact) mass is 455 g/mol. The summed E-state index contributed by atoms with van der Waals surface area (Å²) in [5.74, 6) is -0.751. The molecule has 1 aromatic heterocycles. The third-order valence-electron chi connectivity index (χ3n) is 6.56. The van der Waals surface area contributed by atoms with Gasteiger partial charge >= 0.3 is 5.97 Å². The molecule has 174 valence electrons. The van der Waals surface area contributed by atoms with Gasteiger partial charge < -0.3 is 9.30 Å². The normalized spacial score (nSPS) is 18.0. The van der Waals surface area contributed by atoms with Gasteiger partial charge in [0.15, 0.2) is 5.92 Å². The van der Waals surface area contributed by atoms with E-state index in [0.29, 0.717) is 18.4 Å². The molecular weight excluding hydrogens is 426 g/mol. The van der Waals surface area contributed by atoms with Crippen molar-refractivity contribution in [2.24, 2.45) is 11.8 Å². The van der Waals surface area contributed by atoms with Crippen molar-refractivity contribution in [3.8, 4) is 0 Å². The molecule has 0 aliphatic carbocycles. The van der Waals surface area contributed by atoms with Crippen molar-refractivity contribution < 1.29 is 14.3 Å². The van der Waals surface area contributed by atoms with Crippen LogP contribution in [0.15, 0.2) is 66.7 Å². The minimum absolute atomic E-state index is 0.217. The third-order valence-corrected chi connectivity index (χ3v) is 6.56. The fourth-order valence-corrected chi connectivity index (χ4v) is 4.93. The number of benzene rings is 3. The summed E-state index contributed by atoms with van der Waals surface area (Å²) in [5, 5.41) is 2.07. The Bertz CT molecular complexity index is 1370. The number of nitrogens with zero attached hydrogens (tertiary/aromatic N) is 3. The molecule has 3 aromatic carbocycles. The van der Waals surface area contributed by atoms with Crippen molar-refractivity contribution in [2.45, 2.75) is 33.2 Å². The first kappa shape index (κ1) is 22.1. The molecule has 0 unspecified atom stereocenters. The van der Waals surface area contributed by atoms with E-state index in [4.69, 9.17) is 9.72 Å². The number of para-hydroxylation sites is 2. The summed E-state index contributed by atoms with van der Waals surface area (Å²) in [7, 11) is 0. The maximum absolute atomic E-state index is 14.0. The molecule has 6 heteroatoms. The Morgan fingerprint density at radius 1 is 1.03 bits per heavy atom. The van der Waals surface area contributed by atoms with Crippen molar-refractivity contribution in [1.29, 1.82) is 0 Å². The number of rotatable bonds is 6. The number of carbonyl (C=O) groups excluding carboxylic acids is 2. The summed E-state index contributed by atoms with van der Waals surface area (Å²) < 4.78 is 7.54. The standard InChI is InChI=1S/C28H29N3O3/c1-4-34-27(33)24-25(21-13-9-11-19-10-5-6-12-20(19)21)31-23-15-8-7-14-22(23)29-28(31)30(26(24)32)17-16-18(2)3/h5-15,18,24-25H,4,16-17H2,1-3H3/t24-,25-/m0/s1. The second-order valence-corrected chi connectivity index (χ2v) is 9.19. The van der Waals surface area contributed by atoms with E-state index >= 15 is 0 Å². The predicted octanol–water partition coefficient (Wildman–Crippen LogP) is 5.35. The van der Waals surface area contributed by atoms with E-state index in [1.165, 1.54) is 0 Å². The van der Waals surface area contributed by atoms with E-state index in [1.807, 2.05) is 66.7 Å². The van der Waals surface area contributed by atoms with Crippen LogP contribution in [0.5, 0.6) is 0 Å². The minimum Gasteiger partial charge on any atom is -0.465 e. The highest BCUT2D eigenvalue weighted by Gasteiger charge is 2.48. The lowest BCUT2D eigenvalue weighted by Crippen LogP contribution is -2.50. The van der Waals surface area contributed by atoms with Crippen molar-refractivity contribution in [2.75, 3.05) is 18.1 Å². The smallest absolute Gasteiger partial charge is 0.321 e. The van der Waals surface area contributed by atoms with E-state index in [9.17, 15) is 9.59 Å². The molecule has 0 spiro atoms. The van der Waals surface area contributed by atoms with Crippen molar-refractivity contribution in [1.82, 2.24) is 9.55 Å². The Morgan fingerprint density at radius 3 is 2.56 bits per heavy atom. The number of amides is 1. The van der Waals surface area contributed by atoms with Gasteiger partial charge in [-0.25, -0.2) is 4.98 Å². The van der Waals surface area contributed by atoms with Crippen LogP contribution in [0.2, 0.25) is 0 Å². The summed E-state index contributed by atoms with van der Waals surface area (Å²) in [4.78, 5) is 33.9. The fourth-order valence-electron chi connectivity index (χ4n) is 4.93. The maximum Gasteiger partial charge on any atom is 0.321 e.